The van der Waals surface area contributed by atoms with Gasteiger partial charge in [-0.3, -0.25) is 14.2 Å². The number of hydrogen-bond acceptors (Lipinski definition) is 8. The van der Waals surface area contributed by atoms with Crippen LogP contribution in [-0.4, -0.2) is 74.5 Å². The number of hydrazine groups is 2. The van der Waals surface area contributed by atoms with E-state index in [2.05, 4.69) is 25.3 Å². The highest BCUT2D eigenvalue weighted by molar-refractivity contribution is 6.45. The summed E-state index contributed by atoms with van der Waals surface area (Å²) in [5.74, 6) is -0.921. The number of halogens is 1. The maximum Gasteiger partial charge on any atom is 0.295 e. The van der Waals surface area contributed by atoms with E-state index in [-0.39, 0.29) is 10.9 Å². The molecule has 0 spiro atoms. The Morgan fingerprint density at radius 2 is 1.84 bits per heavy atom. The van der Waals surface area contributed by atoms with Gasteiger partial charge in [0.15, 0.2) is 11.6 Å². The third kappa shape index (κ3) is 3.87. The number of aromatic amines is 1. The molecule has 12 heteroatoms. The number of hydrogen-bond donors (Lipinski definition) is 2. The summed E-state index contributed by atoms with van der Waals surface area (Å²) in [5.41, 5.74) is 4.26. The van der Waals surface area contributed by atoms with Crippen LogP contribution in [-0.2, 0) is 4.79 Å². The first-order valence-electron chi connectivity index (χ1n) is 11.8. The first-order chi connectivity index (χ1) is 18.0. The van der Waals surface area contributed by atoms with Gasteiger partial charge in [-0.2, -0.15) is 0 Å². The molecular formula is C25H24FN9O2. The molecule has 1 aromatic carbocycles. The summed E-state index contributed by atoms with van der Waals surface area (Å²) in [5, 5.41) is 3.35. The number of benzene rings is 1. The zero-order chi connectivity index (χ0) is 25.5. The molecular weight excluding hydrogens is 477 g/mol. The number of para-hydroxylation sites is 1. The van der Waals surface area contributed by atoms with E-state index in [1.807, 2.05) is 41.1 Å². The van der Waals surface area contributed by atoms with Gasteiger partial charge in [0.05, 0.1) is 22.7 Å². The summed E-state index contributed by atoms with van der Waals surface area (Å²) in [6, 6.07) is 9.88. The Bertz CT molecular complexity index is 1510. The fourth-order valence-electron chi connectivity index (χ4n) is 4.72. The van der Waals surface area contributed by atoms with Crippen LogP contribution >= 0.6 is 0 Å². The Hall–Kier alpha value is -4.71. The van der Waals surface area contributed by atoms with Crippen LogP contribution in [0.4, 0.5) is 16.2 Å². The first-order valence-corrected chi connectivity index (χ1v) is 11.8. The van der Waals surface area contributed by atoms with Gasteiger partial charge in [0.25, 0.3) is 11.7 Å². The summed E-state index contributed by atoms with van der Waals surface area (Å²) in [6.45, 7) is 1.72. The zero-order valence-electron chi connectivity index (χ0n) is 20.0. The minimum Gasteiger partial charge on any atom is -0.357 e. The van der Waals surface area contributed by atoms with Gasteiger partial charge in [-0.05, 0) is 12.1 Å². The maximum absolute atomic E-state index is 14.9. The third-order valence-corrected chi connectivity index (χ3v) is 6.60. The fourth-order valence-corrected chi connectivity index (χ4v) is 4.72. The Labute approximate surface area is 211 Å². The normalized spacial score (nSPS) is 16.0. The molecule has 1 fully saturated rings. The maximum atomic E-state index is 14.9. The number of H-pyrrole nitrogens is 1. The molecule has 0 bridgehead atoms. The molecule has 2 aliphatic rings. The van der Waals surface area contributed by atoms with E-state index < -0.39 is 17.5 Å². The molecule has 0 aliphatic carbocycles. The summed E-state index contributed by atoms with van der Waals surface area (Å²) in [6.07, 6.45) is 9.48. The predicted octanol–water partition coefficient (Wildman–Crippen LogP) is 2.06. The van der Waals surface area contributed by atoms with Crippen molar-refractivity contribution in [1.82, 2.24) is 35.0 Å². The van der Waals surface area contributed by atoms with Crippen LogP contribution in [0.25, 0.3) is 16.6 Å². The van der Waals surface area contributed by atoms with Crippen molar-refractivity contribution in [3.8, 4) is 5.69 Å². The van der Waals surface area contributed by atoms with Gasteiger partial charge in [-0.1, -0.05) is 18.2 Å². The smallest absolute Gasteiger partial charge is 0.295 e. The summed E-state index contributed by atoms with van der Waals surface area (Å²) in [4.78, 5) is 41.6. The molecule has 2 aliphatic heterocycles. The number of amides is 1. The van der Waals surface area contributed by atoms with Crippen LogP contribution < -0.4 is 15.3 Å². The molecule has 5 heterocycles. The molecule has 11 nitrogen and oxygen atoms in total. The van der Waals surface area contributed by atoms with Crippen molar-refractivity contribution in [3.05, 3.63) is 78.9 Å². The summed E-state index contributed by atoms with van der Waals surface area (Å²) < 4.78 is 16.8. The molecule has 1 saturated heterocycles. The molecule has 0 atom stereocenters. The SMILES string of the molecule is CN1NC=CN1c1ncc(F)c2c(C(=O)C(=O)N3CCN(c4nccn4-c4ccccc4)CC3)c[nH]c12. The number of Topliss-reactive ketones (excluding diaryl/α,β-unsaturated/α-hetero) is 1. The van der Waals surface area contributed by atoms with Gasteiger partial charge in [0, 0.05) is 69.9 Å². The Kier molecular flexibility index (Phi) is 5.57. The van der Waals surface area contributed by atoms with Crippen LogP contribution in [0.3, 0.4) is 0 Å². The Morgan fingerprint density at radius 1 is 1.05 bits per heavy atom. The summed E-state index contributed by atoms with van der Waals surface area (Å²) >= 11 is 0. The molecule has 2 N–H and O–H groups in total. The number of nitrogens with zero attached hydrogens (tertiary/aromatic N) is 7. The van der Waals surface area contributed by atoms with E-state index in [4.69, 9.17) is 0 Å². The first kappa shape index (κ1) is 22.7. The van der Waals surface area contributed by atoms with Gasteiger partial charge in [0.1, 0.15) is 0 Å². The van der Waals surface area contributed by atoms with Gasteiger partial charge < -0.3 is 20.2 Å². The van der Waals surface area contributed by atoms with E-state index >= 15 is 0 Å². The fraction of sp³-hybridized carbons (Fsp3) is 0.200. The molecule has 1 amide bonds. The largest absolute Gasteiger partial charge is 0.357 e. The molecule has 0 saturated carbocycles. The van der Waals surface area contributed by atoms with Crippen LogP contribution in [0.2, 0.25) is 0 Å². The van der Waals surface area contributed by atoms with E-state index in [1.54, 1.807) is 35.8 Å². The molecule has 188 valence electrons. The number of anilines is 2. The van der Waals surface area contributed by atoms with Crippen molar-refractivity contribution >= 4 is 34.4 Å². The lowest BCUT2D eigenvalue weighted by Crippen LogP contribution is -2.51. The number of piperazine rings is 1. The molecule has 37 heavy (non-hydrogen) atoms. The number of pyridine rings is 1. The lowest BCUT2D eigenvalue weighted by Gasteiger charge is -2.35. The van der Waals surface area contributed by atoms with Crippen molar-refractivity contribution in [2.24, 2.45) is 0 Å². The highest BCUT2D eigenvalue weighted by atomic mass is 19.1. The van der Waals surface area contributed by atoms with Crippen molar-refractivity contribution in [3.63, 3.8) is 0 Å². The van der Waals surface area contributed by atoms with Gasteiger partial charge >= 0.3 is 0 Å². The third-order valence-electron chi connectivity index (χ3n) is 6.60. The van der Waals surface area contributed by atoms with Crippen LogP contribution in [0, 0.1) is 5.82 Å². The standard InChI is InChI=1S/C25H24FN9O2/c1-31-30-8-10-35(31)23-21-20(19(26)16-29-23)18(15-28-21)22(36)24(37)32-11-13-33(14-12-32)25-27-7-9-34(25)17-5-3-2-4-6-17/h2-10,15-16,28,30H,11-14H2,1H3. The van der Waals surface area contributed by atoms with E-state index in [0.29, 0.717) is 37.5 Å². The number of nitrogens with one attached hydrogen (secondary N) is 2. The second-order valence-corrected chi connectivity index (χ2v) is 8.74. The minimum atomic E-state index is -0.759. The van der Waals surface area contributed by atoms with Gasteiger partial charge in [0.2, 0.25) is 5.95 Å². The number of imidazole rings is 1. The minimum absolute atomic E-state index is 0.0120. The molecule has 4 aromatic rings. The average Bonchev–Trinajstić information content (AvgIpc) is 3.69. The van der Waals surface area contributed by atoms with Crippen molar-refractivity contribution in [2.45, 2.75) is 0 Å². The quantitative estimate of drug-likeness (QED) is 0.316. The average molecular weight is 502 g/mol. The van der Waals surface area contributed by atoms with Crippen LogP contribution in [0.5, 0.6) is 0 Å². The number of rotatable bonds is 5. The highest BCUT2D eigenvalue weighted by Gasteiger charge is 2.31. The number of carbonyl (C=O) groups is 2. The second-order valence-electron chi connectivity index (χ2n) is 8.74. The topological polar surface area (TPSA) is 106 Å². The Balaban J connectivity index is 1.20. The van der Waals surface area contributed by atoms with Gasteiger partial charge in [-0.25, -0.2) is 19.4 Å². The Morgan fingerprint density at radius 3 is 2.57 bits per heavy atom. The molecule has 0 unspecified atom stereocenters. The van der Waals surface area contributed by atoms with E-state index in [1.165, 1.54) is 11.1 Å². The molecule has 6 rings (SSSR count). The summed E-state index contributed by atoms with van der Waals surface area (Å²) in [7, 11) is 1.77. The monoisotopic (exact) mass is 501 g/mol. The van der Waals surface area contributed by atoms with Crippen molar-refractivity contribution in [2.75, 3.05) is 43.1 Å². The zero-order valence-corrected chi connectivity index (χ0v) is 20.0. The van der Waals surface area contributed by atoms with Gasteiger partial charge in [-0.15, -0.1) is 5.12 Å². The number of carbonyl (C=O) groups excluding carboxylic acids is 2. The number of fused-ring (bicyclic) bond motifs is 1. The lowest BCUT2D eigenvalue weighted by molar-refractivity contribution is -0.126. The second kappa shape index (κ2) is 9.06. The van der Waals surface area contributed by atoms with Crippen molar-refractivity contribution < 1.29 is 14.0 Å². The van der Waals surface area contributed by atoms with Crippen LogP contribution in [0.15, 0.2) is 67.5 Å². The molecule has 0 radical (unpaired) electrons. The lowest BCUT2D eigenvalue weighted by atomic mass is 10.1. The van der Waals surface area contributed by atoms with Crippen LogP contribution in [0.1, 0.15) is 10.4 Å². The van der Waals surface area contributed by atoms with E-state index in [0.717, 1.165) is 17.8 Å². The van der Waals surface area contributed by atoms with E-state index in [9.17, 15) is 14.0 Å². The predicted molar refractivity (Wildman–Crippen MR) is 135 cm³/mol. The molecule has 3 aromatic heterocycles. The van der Waals surface area contributed by atoms with Crippen molar-refractivity contribution in [1.29, 1.82) is 0 Å². The number of aromatic nitrogens is 4. The number of ketones is 1. The highest BCUT2D eigenvalue weighted by Crippen LogP contribution is 2.30.